The smallest absolute Gasteiger partial charge is 0.337 e. The van der Waals surface area contributed by atoms with Gasteiger partial charge in [0.2, 0.25) is 0 Å². The Morgan fingerprint density at radius 2 is 1.72 bits per heavy atom. The fraction of sp³-hybridized carbons (Fsp3) is 0.286. The van der Waals surface area contributed by atoms with Crippen molar-refractivity contribution in [2.24, 2.45) is 0 Å². The summed E-state index contributed by atoms with van der Waals surface area (Å²) in [6.07, 6.45) is 1.77. The Morgan fingerprint density at radius 3 is 2.38 bits per heavy atom. The van der Waals surface area contributed by atoms with Gasteiger partial charge in [-0.15, -0.1) is 0 Å². The second kappa shape index (κ2) is 10.3. The highest BCUT2D eigenvalue weighted by molar-refractivity contribution is 9.10. The van der Waals surface area contributed by atoms with Gasteiger partial charge in [0.05, 0.1) is 58.7 Å². The fourth-order valence-corrected chi connectivity index (χ4v) is 7.07. The molecule has 3 heterocycles. The molecule has 2 unspecified atom stereocenters. The van der Waals surface area contributed by atoms with Gasteiger partial charge in [0.15, 0.2) is 6.73 Å². The normalized spacial score (nSPS) is 20.0. The van der Waals surface area contributed by atoms with Crippen LogP contribution in [-0.4, -0.2) is 53.9 Å². The first kappa shape index (κ1) is 26.4. The van der Waals surface area contributed by atoms with Gasteiger partial charge in [-0.3, -0.25) is 4.79 Å². The molecule has 3 aromatic carbocycles. The molecule has 11 heteroatoms. The zero-order valence-corrected chi connectivity index (χ0v) is 23.5. The van der Waals surface area contributed by atoms with Crippen LogP contribution < -0.4 is 9.64 Å². The minimum absolute atomic E-state index is 0.0397. The Morgan fingerprint density at radius 1 is 1.03 bits per heavy atom. The topological polar surface area (TPSA) is 79.3 Å². The average Bonchev–Trinajstić information content (AvgIpc) is 3.14. The number of anilines is 1. The lowest BCUT2D eigenvalue weighted by Gasteiger charge is -2.37. The van der Waals surface area contributed by atoms with Gasteiger partial charge in [-0.2, -0.15) is 0 Å². The molecule has 2 bridgehead atoms. The average molecular weight is 636 g/mol. The number of nitrogens with zero attached hydrogens (tertiary/aromatic N) is 2. The number of carboxylic acids is 1. The summed E-state index contributed by atoms with van der Waals surface area (Å²) in [4.78, 5) is 28.9. The number of amides is 1. The van der Waals surface area contributed by atoms with E-state index in [1.54, 1.807) is 36.4 Å². The van der Waals surface area contributed by atoms with Crippen molar-refractivity contribution in [3.63, 3.8) is 0 Å². The van der Waals surface area contributed by atoms with Gasteiger partial charge in [-0.05, 0) is 37.1 Å². The number of carbonyl (C=O) groups is 2. The molecule has 2 atom stereocenters. The zero-order valence-electron chi connectivity index (χ0n) is 20.4. The Labute approximate surface area is 242 Å². The summed E-state index contributed by atoms with van der Waals surface area (Å²) >= 11 is 15.9. The van der Waals surface area contributed by atoms with Crippen LogP contribution in [0.15, 0.2) is 46.9 Å². The molecule has 1 amide bonds. The molecule has 202 valence electrons. The number of carboxylic acid groups (broad SMARTS) is 1. The van der Waals surface area contributed by atoms with Gasteiger partial charge < -0.3 is 24.4 Å². The van der Waals surface area contributed by atoms with Crippen LogP contribution in [0.1, 0.15) is 39.1 Å². The molecule has 0 aromatic heterocycles. The van der Waals surface area contributed by atoms with Crippen LogP contribution in [0.3, 0.4) is 0 Å². The first-order chi connectivity index (χ1) is 18.7. The van der Waals surface area contributed by atoms with E-state index in [1.165, 1.54) is 4.90 Å². The van der Waals surface area contributed by atoms with Crippen LogP contribution in [0.25, 0.3) is 11.1 Å². The van der Waals surface area contributed by atoms with Crippen molar-refractivity contribution in [3.8, 4) is 16.9 Å². The van der Waals surface area contributed by atoms with Crippen molar-refractivity contribution in [1.82, 2.24) is 4.90 Å². The molecule has 0 saturated carbocycles. The van der Waals surface area contributed by atoms with Gasteiger partial charge in [0.25, 0.3) is 5.91 Å². The van der Waals surface area contributed by atoms with Crippen molar-refractivity contribution in [2.45, 2.75) is 31.5 Å². The van der Waals surface area contributed by atoms with Crippen LogP contribution in [0.5, 0.6) is 5.75 Å². The molecule has 1 N–H and O–H groups in total. The second-order valence-corrected chi connectivity index (χ2v) is 11.5. The lowest BCUT2D eigenvalue weighted by atomic mass is 9.96. The predicted molar refractivity (Wildman–Crippen MR) is 148 cm³/mol. The maximum Gasteiger partial charge on any atom is 0.337 e. The molecule has 39 heavy (non-hydrogen) atoms. The summed E-state index contributed by atoms with van der Waals surface area (Å²) in [6.45, 7) is 1.10. The van der Waals surface area contributed by atoms with Crippen molar-refractivity contribution in [1.29, 1.82) is 0 Å². The number of benzene rings is 3. The number of ether oxygens (including phenoxy) is 2. The lowest BCUT2D eigenvalue weighted by Crippen LogP contribution is -2.46. The molecule has 3 aromatic rings. The molecule has 0 spiro atoms. The molecule has 3 aliphatic rings. The minimum atomic E-state index is -1.19. The van der Waals surface area contributed by atoms with E-state index in [4.69, 9.17) is 32.7 Å². The Kier molecular flexibility index (Phi) is 6.95. The summed E-state index contributed by atoms with van der Waals surface area (Å²) in [5.41, 5.74) is 1.95. The number of halogens is 4. The van der Waals surface area contributed by atoms with Gasteiger partial charge in [0.1, 0.15) is 11.6 Å². The second-order valence-electron chi connectivity index (χ2n) is 9.80. The van der Waals surface area contributed by atoms with E-state index in [9.17, 15) is 14.7 Å². The number of aromatic carboxylic acids is 1. The number of hydrogen-bond acceptors (Lipinski definition) is 5. The number of para-hydroxylation sites is 1. The molecule has 2 fully saturated rings. The van der Waals surface area contributed by atoms with E-state index < -0.39 is 17.7 Å². The Balaban J connectivity index is 1.37. The van der Waals surface area contributed by atoms with E-state index in [-0.39, 0.29) is 52.1 Å². The first-order valence-corrected chi connectivity index (χ1v) is 13.9. The predicted octanol–water partition coefficient (Wildman–Crippen LogP) is 6.62. The third-order valence-corrected chi connectivity index (χ3v) is 8.51. The van der Waals surface area contributed by atoms with Crippen LogP contribution in [0.4, 0.5) is 10.1 Å². The standard InChI is InChI=1S/C28H22BrCl2FN2O5/c29-15-6-21(30)25(22(31)7-15)27(35)33-10-14-2-1-3-18(26(14)39-13-33)19-9-24(20(28(36)37)8-23(19)32)34-16-4-5-17(34)12-38-11-16/h1-3,6-9,16-17H,4-5,10-13H2,(H,36,37). The van der Waals surface area contributed by atoms with Crippen molar-refractivity contribution >= 4 is 56.7 Å². The highest BCUT2D eigenvalue weighted by atomic mass is 79.9. The van der Waals surface area contributed by atoms with E-state index in [1.807, 2.05) is 0 Å². The minimum Gasteiger partial charge on any atom is -0.478 e. The number of hydrogen-bond donors (Lipinski definition) is 1. The highest BCUT2D eigenvalue weighted by Crippen LogP contribution is 2.43. The van der Waals surface area contributed by atoms with Gasteiger partial charge in [-0.1, -0.05) is 57.3 Å². The molecule has 0 aliphatic carbocycles. The quantitative estimate of drug-likeness (QED) is 0.347. The molecule has 7 nitrogen and oxygen atoms in total. The summed E-state index contributed by atoms with van der Waals surface area (Å²) in [7, 11) is 0. The van der Waals surface area contributed by atoms with E-state index >= 15 is 4.39 Å². The summed E-state index contributed by atoms with van der Waals surface area (Å²) in [5.74, 6) is -1.81. The third kappa shape index (κ3) is 4.65. The zero-order chi connectivity index (χ0) is 27.4. The fourth-order valence-electron chi connectivity index (χ4n) is 5.70. The van der Waals surface area contributed by atoms with Crippen LogP contribution in [0.2, 0.25) is 10.0 Å². The van der Waals surface area contributed by atoms with Gasteiger partial charge >= 0.3 is 5.97 Å². The van der Waals surface area contributed by atoms with E-state index in [2.05, 4.69) is 20.8 Å². The molecule has 2 saturated heterocycles. The Hall–Kier alpha value is -2.85. The van der Waals surface area contributed by atoms with Gasteiger partial charge in [0, 0.05) is 21.2 Å². The van der Waals surface area contributed by atoms with Crippen LogP contribution in [-0.2, 0) is 11.3 Å². The Bertz CT molecular complexity index is 1480. The van der Waals surface area contributed by atoms with E-state index in [0.717, 1.165) is 18.9 Å². The molecule has 0 radical (unpaired) electrons. The van der Waals surface area contributed by atoms with Crippen molar-refractivity contribution in [2.75, 3.05) is 24.8 Å². The maximum absolute atomic E-state index is 15.5. The molecule has 3 aliphatic heterocycles. The number of carbonyl (C=O) groups excluding carboxylic acids is 1. The molecule has 6 rings (SSSR count). The number of rotatable bonds is 4. The van der Waals surface area contributed by atoms with Gasteiger partial charge in [-0.25, -0.2) is 9.18 Å². The van der Waals surface area contributed by atoms with Crippen molar-refractivity contribution in [3.05, 3.63) is 79.5 Å². The molecular weight excluding hydrogens is 614 g/mol. The number of morpholine rings is 1. The summed E-state index contributed by atoms with van der Waals surface area (Å²) in [6, 6.07) is 11.2. The maximum atomic E-state index is 15.5. The monoisotopic (exact) mass is 634 g/mol. The van der Waals surface area contributed by atoms with E-state index in [0.29, 0.717) is 40.3 Å². The largest absolute Gasteiger partial charge is 0.478 e. The molecular formula is C28H22BrCl2FN2O5. The number of fused-ring (bicyclic) bond motifs is 3. The SMILES string of the molecule is O=C(O)c1cc(F)c(-c2cccc3c2OCN(C(=O)c2c(Cl)cc(Br)cc2Cl)C3)cc1N1C2CCC1COC2. The van der Waals surface area contributed by atoms with Crippen molar-refractivity contribution < 1.29 is 28.6 Å². The highest BCUT2D eigenvalue weighted by Gasteiger charge is 2.40. The third-order valence-electron chi connectivity index (χ3n) is 7.45. The first-order valence-electron chi connectivity index (χ1n) is 12.3. The summed E-state index contributed by atoms with van der Waals surface area (Å²) < 4.78 is 27.9. The van der Waals surface area contributed by atoms with Crippen LogP contribution in [0, 0.1) is 5.82 Å². The lowest BCUT2D eigenvalue weighted by molar-refractivity contribution is 0.0516. The van der Waals surface area contributed by atoms with Crippen LogP contribution >= 0.6 is 39.1 Å². The summed E-state index contributed by atoms with van der Waals surface area (Å²) in [5, 5.41) is 10.3.